The lowest BCUT2D eigenvalue weighted by atomic mass is 10.2. The largest absolute Gasteiger partial charge is 0.349 e. The predicted molar refractivity (Wildman–Crippen MR) is 73.5 cm³/mol. The van der Waals surface area contributed by atoms with Gasteiger partial charge in [-0.1, -0.05) is 13.3 Å². The quantitative estimate of drug-likeness (QED) is 0.841. The number of hydrogen-bond donors (Lipinski definition) is 1. The molecule has 3 nitrogen and oxygen atoms in total. The zero-order valence-electron chi connectivity index (χ0n) is 10.4. The lowest BCUT2D eigenvalue weighted by Gasteiger charge is -2.15. The van der Waals surface area contributed by atoms with Crippen molar-refractivity contribution in [1.82, 2.24) is 9.55 Å². The third-order valence-corrected chi connectivity index (χ3v) is 3.56. The first-order chi connectivity index (χ1) is 8.31. The van der Waals surface area contributed by atoms with Crippen LogP contribution in [0.3, 0.4) is 0 Å². The molecule has 0 saturated heterocycles. The molecule has 1 atom stereocenters. The number of anilines is 1. The van der Waals surface area contributed by atoms with Crippen molar-refractivity contribution in [3.05, 3.63) is 34.8 Å². The van der Waals surface area contributed by atoms with Crippen LogP contribution in [0.5, 0.6) is 0 Å². The molecule has 0 amide bonds. The summed E-state index contributed by atoms with van der Waals surface area (Å²) >= 11 is 1.73. The molecule has 0 fully saturated rings. The number of imidazole rings is 1. The van der Waals surface area contributed by atoms with Crippen molar-refractivity contribution in [2.75, 3.05) is 5.32 Å². The van der Waals surface area contributed by atoms with Crippen molar-refractivity contribution in [2.45, 2.75) is 39.3 Å². The summed E-state index contributed by atoms with van der Waals surface area (Å²) in [4.78, 5) is 4.37. The lowest BCUT2D eigenvalue weighted by molar-refractivity contribution is 0.631. The molecule has 0 aliphatic heterocycles. The van der Waals surface area contributed by atoms with Gasteiger partial charge in [0.15, 0.2) is 0 Å². The van der Waals surface area contributed by atoms with Gasteiger partial charge in [-0.2, -0.15) is 11.3 Å². The summed E-state index contributed by atoms with van der Waals surface area (Å²) in [6, 6.07) is 2.46. The highest BCUT2D eigenvalue weighted by Gasteiger charge is 2.09. The topological polar surface area (TPSA) is 29.9 Å². The molecule has 0 aliphatic rings. The van der Waals surface area contributed by atoms with E-state index < -0.39 is 0 Å². The fourth-order valence-electron chi connectivity index (χ4n) is 1.76. The summed E-state index contributed by atoms with van der Waals surface area (Å²) < 4.78 is 2.19. The average Bonchev–Trinajstić information content (AvgIpc) is 2.97. The van der Waals surface area contributed by atoms with E-state index in [1.807, 2.05) is 12.4 Å². The smallest absolute Gasteiger partial charge is 0.203 e. The Hall–Kier alpha value is -1.29. The van der Waals surface area contributed by atoms with Gasteiger partial charge >= 0.3 is 0 Å². The van der Waals surface area contributed by atoms with Gasteiger partial charge in [0, 0.05) is 18.9 Å². The van der Waals surface area contributed by atoms with Crippen molar-refractivity contribution in [3.8, 4) is 0 Å². The van der Waals surface area contributed by atoms with Crippen LogP contribution in [-0.4, -0.2) is 9.55 Å². The van der Waals surface area contributed by atoms with E-state index >= 15 is 0 Å². The molecular formula is C13H19N3S. The molecule has 1 unspecified atom stereocenters. The standard InChI is InChI=1S/C13H19N3S/c1-3-4-7-16-8-6-14-13(16)15-11(2)12-5-9-17-10-12/h5-6,8-11H,3-4,7H2,1-2H3,(H,14,15). The molecule has 1 N–H and O–H groups in total. The normalized spacial score (nSPS) is 12.6. The third kappa shape index (κ3) is 3.09. The van der Waals surface area contributed by atoms with E-state index in [9.17, 15) is 0 Å². The SMILES string of the molecule is CCCCn1ccnc1NC(C)c1ccsc1. The maximum atomic E-state index is 4.37. The molecule has 0 aromatic carbocycles. The second kappa shape index (κ2) is 5.87. The van der Waals surface area contributed by atoms with Crippen LogP contribution in [0.1, 0.15) is 38.3 Å². The molecule has 2 heterocycles. The number of thiophene rings is 1. The van der Waals surface area contributed by atoms with Crippen LogP contribution in [0.15, 0.2) is 29.2 Å². The zero-order chi connectivity index (χ0) is 12.1. The molecule has 2 rings (SSSR count). The van der Waals surface area contributed by atoms with Crippen LogP contribution < -0.4 is 5.32 Å². The van der Waals surface area contributed by atoms with Crippen LogP contribution in [-0.2, 0) is 6.54 Å². The summed E-state index contributed by atoms with van der Waals surface area (Å²) in [5.41, 5.74) is 1.32. The van der Waals surface area contributed by atoms with Gasteiger partial charge in [-0.25, -0.2) is 4.98 Å². The zero-order valence-corrected chi connectivity index (χ0v) is 11.2. The average molecular weight is 249 g/mol. The van der Waals surface area contributed by atoms with Crippen molar-refractivity contribution < 1.29 is 0 Å². The number of nitrogens with one attached hydrogen (secondary N) is 1. The highest BCUT2D eigenvalue weighted by atomic mass is 32.1. The van der Waals surface area contributed by atoms with Crippen molar-refractivity contribution >= 4 is 17.3 Å². The molecule has 0 aliphatic carbocycles. The van der Waals surface area contributed by atoms with E-state index in [1.165, 1.54) is 18.4 Å². The minimum absolute atomic E-state index is 0.309. The van der Waals surface area contributed by atoms with Crippen LogP contribution in [0, 0.1) is 0 Å². The summed E-state index contributed by atoms with van der Waals surface area (Å²) in [5, 5.41) is 7.75. The Morgan fingerprint density at radius 2 is 2.41 bits per heavy atom. The van der Waals surface area contributed by atoms with E-state index in [0.717, 1.165) is 12.5 Å². The minimum atomic E-state index is 0.309. The van der Waals surface area contributed by atoms with Gasteiger partial charge in [0.05, 0.1) is 6.04 Å². The highest BCUT2D eigenvalue weighted by molar-refractivity contribution is 7.07. The summed E-state index contributed by atoms with van der Waals surface area (Å²) in [5.74, 6) is 0.970. The minimum Gasteiger partial charge on any atom is -0.349 e. The van der Waals surface area contributed by atoms with E-state index in [0.29, 0.717) is 6.04 Å². The van der Waals surface area contributed by atoms with Gasteiger partial charge in [-0.15, -0.1) is 0 Å². The van der Waals surface area contributed by atoms with E-state index in [4.69, 9.17) is 0 Å². The maximum Gasteiger partial charge on any atom is 0.203 e. The first-order valence-corrected chi connectivity index (χ1v) is 7.05. The maximum absolute atomic E-state index is 4.37. The number of unbranched alkanes of at least 4 members (excludes halogenated alkanes) is 1. The van der Waals surface area contributed by atoms with Crippen LogP contribution in [0.4, 0.5) is 5.95 Å². The number of nitrogens with zero attached hydrogens (tertiary/aromatic N) is 2. The van der Waals surface area contributed by atoms with Crippen LogP contribution >= 0.6 is 11.3 Å². The number of aromatic nitrogens is 2. The van der Waals surface area contributed by atoms with Gasteiger partial charge in [0.2, 0.25) is 5.95 Å². The van der Waals surface area contributed by atoms with Gasteiger partial charge in [0.25, 0.3) is 0 Å². The van der Waals surface area contributed by atoms with Crippen molar-refractivity contribution in [3.63, 3.8) is 0 Å². The van der Waals surface area contributed by atoms with E-state index in [1.54, 1.807) is 11.3 Å². The summed E-state index contributed by atoms with van der Waals surface area (Å²) in [6.45, 7) is 5.41. The monoisotopic (exact) mass is 249 g/mol. The molecule has 2 aromatic heterocycles. The third-order valence-electron chi connectivity index (χ3n) is 2.86. The molecular weight excluding hydrogens is 230 g/mol. The fraction of sp³-hybridized carbons (Fsp3) is 0.462. The van der Waals surface area contributed by atoms with Crippen LogP contribution in [0.25, 0.3) is 0 Å². The number of hydrogen-bond acceptors (Lipinski definition) is 3. The Balaban J connectivity index is 2.00. The van der Waals surface area contributed by atoms with Crippen molar-refractivity contribution in [2.24, 2.45) is 0 Å². The lowest BCUT2D eigenvalue weighted by Crippen LogP contribution is -2.11. The molecule has 0 radical (unpaired) electrons. The second-order valence-corrected chi connectivity index (χ2v) is 5.00. The van der Waals surface area contributed by atoms with Crippen LogP contribution in [0.2, 0.25) is 0 Å². The Bertz CT molecular complexity index is 433. The molecule has 0 bridgehead atoms. The van der Waals surface area contributed by atoms with E-state index in [-0.39, 0.29) is 0 Å². The summed E-state index contributed by atoms with van der Waals surface area (Å²) in [6.07, 6.45) is 6.30. The Kier molecular flexibility index (Phi) is 4.20. The first kappa shape index (κ1) is 12.2. The van der Waals surface area contributed by atoms with Gasteiger partial charge in [-0.3, -0.25) is 0 Å². The summed E-state index contributed by atoms with van der Waals surface area (Å²) in [7, 11) is 0. The second-order valence-electron chi connectivity index (χ2n) is 4.22. The van der Waals surface area contributed by atoms with Crippen molar-refractivity contribution in [1.29, 1.82) is 0 Å². The molecule has 0 spiro atoms. The number of rotatable bonds is 6. The Labute approximate surface area is 107 Å². The molecule has 0 saturated carbocycles. The van der Waals surface area contributed by atoms with E-state index in [2.05, 4.69) is 45.5 Å². The molecule has 92 valence electrons. The van der Waals surface area contributed by atoms with Gasteiger partial charge < -0.3 is 9.88 Å². The Morgan fingerprint density at radius 1 is 1.53 bits per heavy atom. The molecule has 2 aromatic rings. The Morgan fingerprint density at radius 3 is 3.12 bits per heavy atom. The van der Waals surface area contributed by atoms with Gasteiger partial charge in [-0.05, 0) is 35.7 Å². The number of aryl methyl sites for hydroxylation is 1. The first-order valence-electron chi connectivity index (χ1n) is 6.11. The van der Waals surface area contributed by atoms with Gasteiger partial charge in [0.1, 0.15) is 0 Å². The molecule has 4 heteroatoms. The fourth-order valence-corrected chi connectivity index (χ4v) is 2.51. The molecule has 17 heavy (non-hydrogen) atoms. The highest BCUT2D eigenvalue weighted by Crippen LogP contribution is 2.20. The predicted octanol–water partition coefficient (Wildman–Crippen LogP) is 3.92.